The third-order valence-corrected chi connectivity index (χ3v) is 3.16. The average molecular weight is 245 g/mol. The molecule has 1 aromatic carbocycles. The number of benzene rings is 1. The van der Waals surface area contributed by atoms with E-state index >= 15 is 0 Å². The summed E-state index contributed by atoms with van der Waals surface area (Å²) in [6.45, 7) is 0.569. The number of rotatable bonds is 4. The molecule has 1 fully saturated rings. The maximum atomic E-state index is 12.9. The molecule has 88 valence electrons. The molecule has 0 N–H and O–H groups in total. The lowest BCUT2D eigenvalue weighted by Crippen LogP contribution is -2.24. The predicted molar refractivity (Wildman–Crippen MR) is 59.7 cm³/mol. The summed E-state index contributed by atoms with van der Waals surface area (Å²) in [5.74, 6) is 0.349. The Bertz CT molecular complexity index is 333. The first-order valence-corrected chi connectivity index (χ1v) is 5.93. The highest BCUT2D eigenvalue weighted by molar-refractivity contribution is 6.17. The van der Waals surface area contributed by atoms with Crippen LogP contribution in [0, 0.1) is 5.82 Å². The molecule has 1 unspecified atom stereocenters. The van der Waals surface area contributed by atoms with Gasteiger partial charge in [0.1, 0.15) is 11.4 Å². The van der Waals surface area contributed by atoms with Gasteiger partial charge in [0, 0.05) is 12.3 Å². The average Bonchev–Trinajstić information content (AvgIpc) is 2.77. The van der Waals surface area contributed by atoms with Gasteiger partial charge in [0.2, 0.25) is 0 Å². The normalized spacial score (nSPS) is 24.9. The molecule has 0 spiro atoms. The van der Waals surface area contributed by atoms with Crippen molar-refractivity contribution in [3.05, 3.63) is 35.6 Å². The molecule has 16 heavy (non-hydrogen) atoms. The molecule has 4 heteroatoms. The van der Waals surface area contributed by atoms with Crippen LogP contribution < -0.4 is 0 Å². The molecule has 0 amide bonds. The maximum Gasteiger partial charge on any atom is 0.131 e. The Morgan fingerprint density at radius 3 is 2.62 bits per heavy atom. The van der Waals surface area contributed by atoms with Crippen LogP contribution in [0.5, 0.6) is 0 Å². The van der Waals surface area contributed by atoms with Crippen molar-refractivity contribution in [1.29, 1.82) is 0 Å². The van der Waals surface area contributed by atoms with Gasteiger partial charge in [-0.15, -0.1) is 11.6 Å². The first-order valence-electron chi connectivity index (χ1n) is 5.39. The lowest BCUT2D eigenvalue weighted by molar-refractivity contribution is -0.315. The molecule has 0 aliphatic carbocycles. The Kier molecular flexibility index (Phi) is 3.79. The zero-order chi connectivity index (χ0) is 11.4. The molecule has 1 aliphatic rings. The number of halogens is 2. The summed E-state index contributed by atoms with van der Waals surface area (Å²) in [6, 6.07) is 6.38. The van der Waals surface area contributed by atoms with Crippen LogP contribution in [-0.4, -0.2) is 12.5 Å². The predicted octanol–water partition coefficient (Wildman–Crippen LogP) is 3.39. The third-order valence-electron chi connectivity index (χ3n) is 2.89. The van der Waals surface area contributed by atoms with Crippen LogP contribution in [0.25, 0.3) is 0 Å². The summed E-state index contributed by atoms with van der Waals surface area (Å²) >= 11 is 5.70. The summed E-state index contributed by atoms with van der Waals surface area (Å²) in [5.41, 5.74) is 0.513. The molecule has 2 rings (SSSR count). The van der Waals surface area contributed by atoms with Crippen molar-refractivity contribution in [2.45, 2.75) is 24.9 Å². The zero-order valence-corrected chi connectivity index (χ0v) is 9.67. The standard InChI is InChI=1S/C12H14ClFO2/c13-8-1-6-12(7-9-15-16-12)10-2-4-11(14)5-3-10/h2-5H,1,6-9H2. The highest BCUT2D eigenvalue weighted by Gasteiger charge is 2.38. The quantitative estimate of drug-likeness (QED) is 0.597. The van der Waals surface area contributed by atoms with Gasteiger partial charge in [-0.05, 0) is 30.5 Å². The molecule has 1 saturated heterocycles. The van der Waals surface area contributed by atoms with E-state index in [-0.39, 0.29) is 5.82 Å². The van der Waals surface area contributed by atoms with Gasteiger partial charge in [-0.2, -0.15) is 0 Å². The minimum Gasteiger partial charge on any atom is -0.236 e. The second-order valence-electron chi connectivity index (χ2n) is 3.95. The van der Waals surface area contributed by atoms with Crippen LogP contribution in [0.3, 0.4) is 0 Å². The first-order chi connectivity index (χ1) is 7.77. The van der Waals surface area contributed by atoms with Gasteiger partial charge in [0.05, 0.1) is 6.61 Å². The highest BCUT2D eigenvalue weighted by Crippen LogP contribution is 2.38. The lowest BCUT2D eigenvalue weighted by Gasteiger charge is -2.25. The van der Waals surface area contributed by atoms with Crippen LogP contribution in [0.2, 0.25) is 0 Å². The van der Waals surface area contributed by atoms with Crippen LogP contribution in [0.1, 0.15) is 24.8 Å². The van der Waals surface area contributed by atoms with E-state index in [9.17, 15) is 4.39 Å². The van der Waals surface area contributed by atoms with Crippen LogP contribution in [0.15, 0.2) is 24.3 Å². The van der Waals surface area contributed by atoms with E-state index in [1.807, 2.05) is 0 Å². The molecule has 0 aromatic heterocycles. The van der Waals surface area contributed by atoms with Crippen molar-refractivity contribution in [3.8, 4) is 0 Å². The summed E-state index contributed by atoms with van der Waals surface area (Å²) in [7, 11) is 0. The molecular formula is C12H14ClFO2. The maximum absolute atomic E-state index is 12.9. The molecule has 0 bridgehead atoms. The van der Waals surface area contributed by atoms with Crippen molar-refractivity contribution in [1.82, 2.24) is 0 Å². The summed E-state index contributed by atoms with van der Waals surface area (Å²) in [5, 5.41) is 0. The molecular weight excluding hydrogens is 231 g/mol. The SMILES string of the molecule is Fc1ccc(C2(CCCCl)CCOO2)cc1. The zero-order valence-electron chi connectivity index (χ0n) is 8.92. The van der Waals surface area contributed by atoms with E-state index in [1.54, 1.807) is 12.1 Å². The molecule has 1 atom stereocenters. The van der Waals surface area contributed by atoms with E-state index in [0.29, 0.717) is 12.5 Å². The van der Waals surface area contributed by atoms with Crippen LogP contribution >= 0.6 is 11.6 Å². The highest BCUT2D eigenvalue weighted by atomic mass is 35.5. The minimum atomic E-state index is -0.442. The van der Waals surface area contributed by atoms with Crippen molar-refractivity contribution >= 4 is 11.6 Å². The largest absolute Gasteiger partial charge is 0.236 e. The van der Waals surface area contributed by atoms with Gasteiger partial charge in [0.25, 0.3) is 0 Å². The fourth-order valence-electron chi connectivity index (χ4n) is 2.01. The summed E-state index contributed by atoms with van der Waals surface area (Å²) < 4.78 is 12.9. The lowest BCUT2D eigenvalue weighted by atomic mass is 9.87. The first kappa shape index (κ1) is 11.8. The fraction of sp³-hybridized carbons (Fsp3) is 0.500. The Labute approximate surface area is 99.2 Å². The molecule has 2 nitrogen and oxygen atoms in total. The Hall–Kier alpha value is -0.640. The Balaban J connectivity index is 2.21. The van der Waals surface area contributed by atoms with Gasteiger partial charge in [-0.25, -0.2) is 14.2 Å². The van der Waals surface area contributed by atoms with Crippen molar-refractivity contribution in [2.24, 2.45) is 0 Å². The van der Waals surface area contributed by atoms with Gasteiger partial charge in [-0.1, -0.05) is 12.1 Å². The van der Waals surface area contributed by atoms with Gasteiger partial charge in [-0.3, -0.25) is 0 Å². The monoisotopic (exact) mass is 244 g/mol. The van der Waals surface area contributed by atoms with Gasteiger partial charge < -0.3 is 0 Å². The topological polar surface area (TPSA) is 18.5 Å². The fourth-order valence-corrected chi connectivity index (χ4v) is 2.15. The van der Waals surface area contributed by atoms with E-state index in [0.717, 1.165) is 24.8 Å². The van der Waals surface area contributed by atoms with Crippen molar-refractivity contribution in [3.63, 3.8) is 0 Å². The summed E-state index contributed by atoms with van der Waals surface area (Å²) in [6.07, 6.45) is 2.43. The molecule has 1 aromatic rings. The van der Waals surface area contributed by atoms with Crippen molar-refractivity contribution < 1.29 is 14.2 Å². The molecule has 1 heterocycles. The second-order valence-corrected chi connectivity index (χ2v) is 4.33. The van der Waals surface area contributed by atoms with Crippen LogP contribution in [-0.2, 0) is 15.4 Å². The number of alkyl halides is 1. The van der Waals surface area contributed by atoms with E-state index in [1.165, 1.54) is 12.1 Å². The Morgan fingerprint density at radius 1 is 1.31 bits per heavy atom. The Morgan fingerprint density at radius 2 is 2.06 bits per heavy atom. The van der Waals surface area contributed by atoms with E-state index < -0.39 is 5.60 Å². The van der Waals surface area contributed by atoms with Gasteiger partial charge in [0.15, 0.2) is 0 Å². The number of hydrogen-bond donors (Lipinski definition) is 0. The molecule has 1 aliphatic heterocycles. The number of hydrogen-bond acceptors (Lipinski definition) is 2. The smallest absolute Gasteiger partial charge is 0.131 e. The minimum absolute atomic E-state index is 0.241. The van der Waals surface area contributed by atoms with E-state index in [4.69, 9.17) is 21.4 Å². The molecule has 0 radical (unpaired) electrons. The third kappa shape index (κ3) is 2.37. The van der Waals surface area contributed by atoms with E-state index in [2.05, 4.69) is 0 Å². The van der Waals surface area contributed by atoms with Gasteiger partial charge >= 0.3 is 0 Å². The summed E-state index contributed by atoms with van der Waals surface area (Å²) in [4.78, 5) is 10.4. The van der Waals surface area contributed by atoms with Crippen LogP contribution in [0.4, 0.5) is 4.39 Å². The molecule has 0 saturated carbocycles. The van der Waals surface area contributed by atoms with Crippen molar-refractivity contribution in [2.75, 3.05) is 12.5 Å². The second kappa shape index (κ2) is 5.13.